The van der Waals surface area contributed by atoms with Crippen LogP contribution in [0.25, 0.3) is 22.5 Å². The summed E-state index contributed by atoms with van der Waals surface area (Å²) in [4.78, 5) is 13.0. The maximum absolute atomic E-state index is 6.13. The minimum Gasteiger partial charge on any atom is -0.399 e. The summed E-state index contributed by atoms with van der Waals surface area (Å²) < 4.78 is 18.2. The molecule has 6 aromatic rings. The molecule has 6 aromatic heterocycles. The number of aromatic nitrogens is 9. The van der Waals surface area contributed by atoms with Crippen molar-refractivity contribution in [3.63, 3.8) is 0 Å². The number of nitrogens with zero attached hydrogens (tertiary/aromatic N) is 9. The molecular weight excluding hydrogens is 1030 g/mol. The van der Waals surface area contributed by atoms with Crippen molar-refractivity contribution in [2.24, 2.45) is 62.0 Å². The van der Waals surface area contributed by atoms with Crippen LogP contribution in [0.2, 0.25) is 15.5 Å². The van der Waals surface area contributed by atoms with Crippen LogP contribution in [-0.4, -0.2) is 80.7 Å². The highest BCUT2D eigenvalue weighted by atomic mass is 35.5. The Bertz CT molecular complexity index is 2740. The molecule has 0 radical (unpaired) electrons. The summed E-state index contributed by atoms with van der Waals surface area (Å²) in [5.41, 5.74) is 27.3. The Balaban J connectivity index is 0.000000147. The summed E-state index contributed by atoms with van der Waals surface area (Å²) in [5.74, 6) is 3.26. The minimum absolute atomic E-state index is 0. The molecule has 5 saturated carbocycles. The summed E-state index contributed by atoms with van der Waals surface area (Å²) in [6.45, 7) is 8.35. The molecule has 6 fully saturated rings. The Morgan fingerprint density at radius 2 is 0.831 bits per heavy atom. The predicted octanol–water partition coefficient (Wildman–Crippen LogP) is 11.5. The first-order valence-corrected chi connectivity index (χ1v) is 29.0. The average molecular weight is 1110 g/mol. The highest BCUT2D eigenvalue weighted by molar-refractivity contribution is 6.62. The normalized spacial score (nSPS) is 22.2. The van der Waals surface area contributed by atoms with E-state index in [0.29, 0.717) is 33.6 Å². The zero-order chi connectivity index (χ0) is 54.1. The van der Waals surface area contributed by atoms with E-state index in [-0.39, 0.29) is 25.7 Å². The first-order valence-electron chi connectivity index (χ1n) is 27.8. The van der Waals surface area contributed by atoms with E-state index in [9.17, 15) is 0 Å². The smallest absolute Gasteiger partial charge is 0.399 e. The average Bonchev–Trinajstić information content (AvgIpc) is 4.33. The molecule has 6 aliphatic rings. The topological polar surface area (TPSA) is 189 Å². The van der Waals surface area contributed by atoms with Crippen LogP contribution in [0.4, 0.5) is 0 Å². The molecule has 6 N–H and O–H groups in total. The van der Waals surface area contributed by atoms with E-state index in [2.05, 4.69) is 78.2 Å². The monoisotopic (exact) mass is 1110 g/mol. The van der Waals surface area contributed by atoms with Gasteiger partial charge in [0.2, 0.25) is 0 Å². The predicted molar refractivity (Wildman–Crippen MR) is 315 cm³/mol. The first kappa shape index (κ1) is 60.5. The van der Waals surface area contributed by atoms with Gasteiger partial charge in [0, 0.05) is 84.8 Å². The third-order valence-corrected chi connectivity index (χ3v) is 16.9. The number of pyridine rings is 3. The van der Waals surface area contributed by atoms with E-state index in [1.807, 2.05) is 58.9 Å². The van der Waals surface area contributed by atoms with Gasteiger partial charge in [0.05, 0.1) is 35.0 Å². The molecule has 12 rings (SSSR count). The van der Waals surface area contributed by atoms with Gasteiger partial charge in [0.1, 0.15) is 15.5 Å². The largest absolute Gasteiger partial charge is 0.498 e. The second kappa shape index (κ2) is 27.3. The molecule has 18 heteroatoms. The number of halogens is 3. The molecule has 0 aromatic carbocycles. The molecule has 0 spiro atoms. The van der Waals surface area contributed by atoms with Crippen LogP contribution in [0.5, 0.6) is 0 Å². The SMILES string of the molecule is C.Clc1cccc(Cl)n1.Cn1ncc(-c2cccc(CC3CCC(N)CC3)n2)c1CC1CC1.Cn1ncc(-c2cccc(Cl)n2)c1CC1CC1.Cn1ncc(B2OC(C)(C)C(C)(C)O2)c1CC1CC1.NC1CCC(N)CC1. The van der Waals surface area contributed by atoms with Gasteiger partial charge in [0.15, 0.2) is 0 Å². The Hall–Kier alpha value is -4.19. The van der Waals surface area contributed by atoms with Gasteiger partial charge in [-0.3, -0.25) is 19.0 Å². The summed E-state index contributed by atoms with van der Waals surface area (Å²) in [6.07, 6.45) is 27.6. The van der Waals surface area contributed by atoms with Gasteiger partial charge in [-0.15, -0.1) is 0 Å². The van der Waals surface area contributed by atoms with Crippen LogP contribution >= 0.6 is 34.8 Å². The summed E-state index contributed by atoms with van der Waals surface area (Å²) in [6, 6.07) is 18.6. The van der Waals surface area contributed by atoms with E-state index in [1.54, 1.807) is 24.3 Å². The van der Waals surface area contributed by atoms with Crippen molar-refractivity contribution in [2.75, 3.05) is 0 Å². The second-order valence-corrected chi connectivity index (χ2v) is 24.4. The molecule has 14 nitrogen and oxygen atoms in total. The Labute approximate surface area is 474 Å². The van der Waals surface area contributed by atoms with Gasteiger partial charge in [-0.05, 0) is 203 Å². The van der Waals surface area contributed by atoms with Crippen molar-refractivity contribution >= 4 is 47.4 Å². The van der Waals surface area contributed by atoms with Crippen molar-refractivity contribution in [3.8, 4) is 22.5 Å². The lowest BCUT2D eigenvalue weighted by Crippen LogP contribution is -2.41. The maximum atomic E-state index is 6.13. The highest BCUT2D eigenvalue weighted by Gasteiger charge is 2.53. The van der Waals surface area contributed by atoms with Crippen LogP contribution in [0, 0.1) is 23.7 Å². The molecule has 1 aliphatic heterocycles. The molecule has 0 atom stereocenters. The van der Waals surface area contributed by atoms with Crippen molar-refractivity contribution in [3.05, 3.63) is 111 Å². The van der Waals surface area contributed by atoms with Gasteiger partial charge in [-0.2, -0.15) is 15.3 Å². The number of rotatable bonds is 11. The van der Waals surface area contributed by atoms with Crippen molar-refractivity contribution in [2.45, 2.75) is 180 Å². The molecule has 0 unspecified atom stereocenters. The second-order valence-electron chi connectivity index (χ2n) is 23.3. The van der Waals surface area contributed by atoms with Crippen LogP contribution in [0.3, 0.4) is 0 Å². The third kappa shape index (κ3) is 17.7. The Kier molecular flexibility index (Phi) is 21.4. The lowest BCUT2D eigenvalue weighted by atomic mass is 9.78. The van der Waals surface area contributed by atoms with Crippen LogP contribution < -0.4 is 22.7 Å². The molecule has 1 saturated heterocycles. The number of hydrogen-bond acceptors (Lipinski definition) is 11. The Morgan fingerprint density at radius 1 is 0.481 bits per heavy atom. The van der Waals surface area contributed by atoms with E-state index < -0.39 is 0 Å². The van der Waals surface area contributed by atoms with Gasteiger partial charge in [0.25, 0.3) is 0 Å². The molecule has 0 bridgehead atoms. The van der Waals surface area contributed by atoms with Gasteiger partial charge in [-0.1, -0.05) is 60.4 Å². The van der Waals surface area contributed by atoms with Gasteiger partial charge in [-0.25, -0.2) is 9.97 Å². The van der Waals surface area contributed by atoms with Crippen molar-refractivity contribution in [1.82, 2.24) is 44.3 Å². The van der Waals surface area contributed by atoms with Crippen molar-refractivity contribution < 1.29 is 9.31 Å². The number of nitrogens with two attached hydrogens (primary N) is 3. The fourth-order valence-electron chi connectivity index (χ4n) is 10.0. The quantitative estimate of drug-likeness (QED) is 0.0827. The van der Waals surface area contributed by atoms with Gasteiger partial charge >= 0.3 is 7.12 Å². The number of aryl methyl sites for hydroxylation is 3. The van der Waals surface area contributed by atoms with E-state index >= 15 is 0 Å². The molecule has 5 aliphatic carbocycles. The summed E-state index contributed by atoms with van der Waals surface area (Å²) >= 11 is 16.8. The van der Waals surface area contributed by atoms with Crippen LogP contribution in [0.15, 0.2) is 73.2 Å². The van der Waals surface area contributed by atoms with Crippen molar-refractivity contribution in [1.29, 1.82) is 0 Å². The zero-order valence-electron chi connectivity index (χ0n) is 46.0. The van der Waals surface area contributed by atoms with Gasteiger partial charge < -0.3 is 26.5 Å². The fraction of sp³-hybridized carbons (Fsp3) is 0.593. The minimum atomic E-state index is -0.287. The van der Waals surface area contributed by atoms with E-state index in [1.165, 1.54) is 92.5 Å². The molecule has 418 valence electrons. The standard InChI is InChI=1S/C20H28N4.C14H23BN2O2.C13H14ClN3.C6H14N2.C5H3Cl2N.CH4/c1-24-20(12-15-5-6-15)18(13-22-24)19-4-2-3-17(23-19)11-14-7-9-16(21)10-8-14;1-13(2)14(3,4)19-15(18-13)11-9-16-17(5)12(11)8-10-6-7-10;1-17-12(7-9-5-6-9)10(8-15-17)11-3-2-4-13(14)16-11;7-5-1-2-6(8)4-3-5;6-4-2-1-3-5(7)8-4;/h2-4,13-16H,5-12,21H2,1H3;9-10H,6-8H2,1-5H3;2-4,8-9H,5-7H2,1H3;5-6H,1-4,7-8H2;1-3H;1H4. The summed E-state index contributed by atoms with van der Waals surface area (Å²) in [5, 5.41) is 14.6. The maximum Gasteiger partial charge on any atom is 0.498 e. The Morgan fingerprint density at radius 3 is 1.26 bits per heavy atom. The third-order valence-electron chi connectivity index (χ3n) is 16.2. The molecule has 77 heavy (non-hydrogen) atoms. The molecular formula is C59H86BCl3N12O2. The molecule has 0 amide bonds. The fourth-order valence-corrected chi connectivity index (χ4v) is 10.6. The van der Waals surface area contributed by atoms with Crippen LogP contribution in [-0.2, 0) is 56.1 Å². The lowest BCUT2D eigenvalue weighted by Gasteiger charge is -2.32. The van der Waals surface area contributed by atoms with Crippen LogP contribution in [0.1, 0.15) is 148 Å². The van der Waals surface area contributed by atoms with E-state index in [4.69, 9.17) is 66.3 Å². The first-order chi connectivity index (χ1) is 36.3. The zero-order valence-corrected chi connectivity index (χ0v) is 48.3. The number of hydrogen-bond donors (Lipinski definition) is 3. The summed E-state index contributed by atoms with van der Waals surface area (Å²) in [7, 11) is 5.77. The van der Waals surface area contributed by atoms with E-state index in [0.717, 1.165) is 97.5 Å². The lowest BCUT2D eigenvalue weighted by molar-refractivity contribution is 0.00578. The highest BCUT2D eigenvalue weighted by Crippen LogP contribution is 2.39. The molecule has 7 heterocycles.